The van der Waals surface area contributed by atoms with Gasteiger partial charge in [0.15, 0.2) is 0 Å². The summed E-state index contributed by atoms with van der Waals surface area (Å²) in [6, 6.07) is 7.09. The highest BCUT2D eigenvalue weighted by Gasteiger charge is 2.52. The fraction of sp³-hybridized carbons (Fsp3) is 0.531. The number of hydrogen-bond acceptors (Lipinski definition) is 11. The number of thiazole rings is 1. The van der Waals surface area contributed by atoms with E-state index >= 15 is 0 Å². The molecule has 8 rings (SSSR count). The van der Waals surface area contributed by atoms with Gasteiger partial charge in [0, 0.05) is 85.8 Å². The van der Waals surface area contributed by atoms with Crippen molar-refractivity contribution in [1.29, 1.82) is 0 Å². The predicted octanol–water partition coefficient (Wildman–Crippen LogP) is 5.75. The molecule has 6 atom stereocenters. The molecule has 4 aromatic rings. The first-order chi connectivity index (χ1) is 31.5. The number of carbonyl (C=O) groups is 5. The fourth-order valence-corrected chi connectivity index (χ4v) is 11.1. The molecule has 66 heavy (non-hydrogen) atoms. The lowest BCUT2D eigenvalue weighted by molar-refractivity contribution is -0.155. The predicted molar refractivity (Wildman–Crippen MR) is 252 cm³/mol. The van der Waals surface area contributed by atoms with Crippen LogP contribution < -0.4 is 10.7 Å². The molecule has 4 aliphatic heterocycles. The minimum atomic E-state index is -1.08. The first-order valence-corrected chi connectivity index (χ1v) is 24.0. The van der Waals surface area contributed by atoms with Crippen molar-refractivity contribution in [1.82, 2.24) is 45.0 Å². The Kier molecular flexibility index (Phi) is 13.4. The van der Waals surface area contributed by atoms with Gasteiger partial charge >= 0.3 is 12.0 Å². The van der Waals surface area contributed by atoms with Crippen molar-refractivity contribution < 1.29 is 33.4 Å². The van der Waals surface area contributed by atoms with E-state index in [-0.39, 0.29) is 49.1 Å². The van der Waals surface area contributed by atoms with Crippen LogP contribution in [0, 0.1) is 11.3 Å². The molecule has 7 heterocycles. The molecule has 0 aliphatic carbocycles. The zero-order chi connectivity index (χ0) is 47.2. The van der Waals surface area contributed by atoms with Crippen LogP contribution in [0.15, 0.2) is 54.6 Å². The number of amides is 5. The number of pyridine rings is 1. The van der Waals surface area contributed by atoms with Crippen LogP contribution in [0.5, 0.6) is 0 Å². The van der Waals surface area contributed by atoms with E-state index in [1.165, 1.54) is 27.3 Å². The number of aromatic nitrogens is 3. The highest BCUT2D eigenvalue weighted by Crippen LogP contribution is 2.42. The van der Waals surface area contributed by atoms with Gasteiger partial charge in [-0.3, -0.25) is 29.2 Å². The summed E-state index contributed by atoms with van der Waals surface area (Å²) in [6.45, 7) is 17.7. The van der Waals surface area contributed by atoms with Crippen LogP contribution in [0.3, 0.4) is 0 Å². The highest BCUT2D eigenvalue weighted by atomic mass is 32.1. The average molecular weight is 922 g/mol. The van der Waals surface area contributed by atoms with Gasteiger partial charge in [0.05, 0.1) is 46.9 Å². The second-order valence-corrected chi connectivity index (χ2v) is 20.1. The standard InChI is InChI=1S/C49H63N9O7S/c1-10-41(59)56-21-18-38-39(56)25-57(38)48(63)54(8)43(28(3)4)45(60)52-35-23-40-51-36(26-66-40)30-16-17-37-32(22-30)33(44(55(37)11-2)31-14-12-19-50-42(31)29(5)64-9)24-49(6,7)27-65-47(62)34-15-13-20-58(53-34)46(35)61/h10,12,14,16-17,19,22,26,28-29,34-35,38-39,43,53H,1,11,13,15,18,20-21,23-25,27H2,2-9H3,(H,52,60)/t29-,34-,35-,38+,39+,43?/m0/s1. The smallest absolute Gasteiger partial charge is 0.324 e. The molecule has 0 spiro atoms. The summed E-state index contributed by atoms with van der Waals surface area (Å²) in [4.78, 5) is 84.3. The second kappa shape index (κ2) is 18.9. The fourth-order valence-electron chi connectivity index (χ4n) is 10.3. The first-order valence-electron chi connectivity index (χ1n) is 23.1. The van der Waals surface area contributed by atoms with E-state index in [9.17, 15) is 24.0 Å². The number of methoxy groups -OCH3 is 1. The SMILES string of the molecule is C=CC(=O)N1CC[C@@H]2[C@H]1CN2C(=O)N(C)C(C(=O)N[C@H]1Cc2nc(cs2)-c2ccc3c(c2)c(c(-c2cccnc2[C@H](C)OC)n3CC)CC(C)(C)COC(=O)[C@@H]2CCCN(N2)C1=O)C(C)C. The molecular weight excluding hydrogens is 859 g/mol. The average Bonchev–Trinajstić information content (AvgIpc) is 3.99. The van der Waals surface area contributed by atoms with E-state index in [2.05, 4.69) is 66.9 Å². The minimum Gasteiger partial charge on any atom is -0.464 e. The highest BCUT2D eigenvalue weighted by molar-refractivity contribution is 7.10. The number of likely N-dealkylation sites (N-methyl/N-ethyl adjacent to an activating group) is 1. The third-order valence-electron chi connectivity index (χ3n) is 13.8. The molecule has 0 saturated carbocycles. The number of esters is 1. The Morgan fingerprint density at radius 1 is 1.12 bits per heavy atom. The van der Waals surface area contributed by atoms with Crippen molar-refractivity contribution in [3.05, 3.63) is 70.8 Å². The lowest BCUT2D eigenvalue weighted by Crippen LogP contribution is -2.68. The molecule has 1 unspecified atom stereocenters. The van der Waals surface area contributed by atoms with Gasteiger partial charge in [0.1, 0.15) is 18.1 Å². The summed E-state index contributed by atoms with van der Waals surface area (Å²) in [6.07, 6.45) is 5.14. The lowest BCUT2D eigenvalue weighted by Gasteiger charge is -2.48. The Morgan fingerprint density at radius 3 is 2.64 bits per heavy atom. The third kappa shape index (κ3) is 8.84. The summed E-state index contributed by atoms with van der Waals surface area (Å²) in [7, 11) is 3.29. The summed E-state index contributed by atoms with van der Waals surface area (Å²) >= 11 is 1.41. The van der Waals surface area contributed by atoms with Crippen LogP contribution in [0.4, 0.5) is 4.79 Å². The Morgan fingerprint density at radius 2 is 1.91 bits per heavy atom. The maximum Gasteiger partial charge on any atom is 0.324 e. The zero-order valence-corrected chi connectivity index (χ0v) is 40.2. The Hall–Kier alpha value is -5.65. The number of hydrazine groups is 1. The van der Waals surface area contributed by atoms with Crippen molar-refractivity contribution in [2.75, 3.05) is 40.4 Å². The van der Waals surface area contributed by atoms with Crippen LogP contribution in [-0.4, -0.2) is 135 Å². The number of carbonyl (C=O) groups excluding carboxylic acids is 5. The molecule has 5 amide bonds. The maximum absolute atomic E-state index is 14.6. The third-order valence-corrected chi connectivity index (χ3v) is 14.6. The second-order valence-electron chi connectivity index (χ2n) is 19.2. The van der Waals surface area contributed by atoms with Gasteiger partial charge in [0.2, 0.25) is 11.8 Å². The maximum atomic E-state index is 14.6. The van der Waals surface area contributed by atoms with Gasteiger partial charge in [-0.2, -0.15) is 0 Å². The van der Waals surface area contributed by atoms with Crippen molar-refractivity contribution in [3.8, 4) is 22.5 Å². The van der Waals surface area contributed by atoms with Gasteiger partial charge in [-0.1, -0.05) is 40.3 Å². The monoisotopic (exact) mass is 921 g/mol. The number of aryl methyl sites for hydroxylation is 1. The van der Waals surface area contributed by atoms with Crippen LogP contribution in [0.2, 0.25) is 0 Å². The molecule has 6 bridgehead atoms. The van der Waals surface area contributed by atoms with E-state index in [1.807, 2.05) is 32.2 Å². The Labute approximate surface area is 390 Å². The largest absolute Gasteiger partial charge is 0.464 e. The van der Waals surface area contributed by atoms with E-state index in [0.717, 1.165) is 44.7 Å². The van der Waals surface area contributed by atoms with Gasteiger partial charge < -0.3 is 34.1 Å². The molecule has 1 aromatic carbocycles. The normalized spacial score (nSPS) is 22.8. The first kappa shape index (κ1) is 46.9. The van der Waals surface area contributed by atoms with Crippen LogP contribution in [0.1, 0.15) is 83.2 Å². The van der Waals surface area contributed by atoms with E-state index in [0.29, 0.717) is 56.9 Å². The van der Waals surface area contributed by atoms with Gasteiger partial charge in [-0.15, -0.1) is 11.3 Å². The molecule has 16 nitrogen and oxygen atoms in total. The Balaban J connectivity index is 1.14. The van der Waals surface area contributed by atoms with Gasteiger partial charge in [-0.25, -0.2) is 15.2 Å². The molecule has 3 aromatic heterocycles. The van der Waals surface area contributed by atoms with Crippen molar-refractivity contribution in [3.63, 3.8) is 0 Å². The molecule has 0 radical (unpaired) electrons. The van der Waals surface area contributed by atoms with Crippen molar-refractivity contribution in [2.24, 2.45) is 11.3 Å². The molecule has 3 saturated heterocycles. The Bertz CT molecular complexity index is 2530. The molecule has 3 fully saturated rings. The number of rotatable bonds is 9. The number of fused-ring (bicyclic) bond motifs is 7. The number of cyclic esters (lactones) is 1. The number of benzene rings is 1. The zero-order valence-electron chi connectivity index (χ0n) is 39.3. The van der Waals surface area contributed by atoms with Gasteiger partial charge in [-0.05, 0) is 81.4 Å². The van der Waals surface area contributed by atoms with Crippen LogP contribution in [0.25, 0.3) is 33.4 Å². The molecule has 17 heteroatoms. The number of nitrogens with one attached hydrogen (secondary N) is 2. The number of hydrogen-bond donors (Lipinski definition) is 2. The molecular formula is C49H63N9O7S. The van der Waals surface area contributed by atoms with Crippen molar-refractivity contribution in [2.45, 2.75) is 117 Å². The van der Waals surface area contributed by atoms with E-state index in [1.54, 1.807) is 30.2 Å². The number of likely N-dealkylation sites (tertiary alicyclic amines) is 2. The van der Waals surface area contributed by atoms with Crippen LogP contribution >= 0.6 is 11.3 Å². The number of ether oxygens (including phenoxy) is 2. The molecule has 4 aliphatic rings. The summed E-state index contributed by atoms with van der Waals surface area (Å²) in [5.41, 5.74) is 9.27. The number of nitrogens with zero attached hydrogens (tertiary/aromatic N) is 7. The molecule has 352 valence electrons. The van der Waals surface area contributed by atoms with Crippen molar-refractivity contribution >= 4 is 52.0 Å². The quantitative estimate of drug-likeness (QED) is 0.156. The van der Waals surface area contributed by atoms with Gasteiger partial charge in [0.25, 0.3) is 5.91 Å². The number of urea groups is 1. The van der Waals surface area contributed by atoms with E-state index < -0.39 is 41.3 Å². The summed E-state index contributed by atoms with van der Waals surface area (Å²) in [5, 5.41) is 8.12. The summed E-state index contributed by atoms with van der Waals surface area (Å²) in [5.74, 6) is -1.82. The van der Waals surface area contributed by atoms with E-state index in [4.69, 9.17) is 19.4 Å². The van der Waals surface area contributed by atoms with Crippen LogP contribution in [-0.2, 0) is 48.0 Å². The molecule has 2 N–H and O–H groups in total. The summed E-state index contributed by atoms with van der Waals surface area (Å²) < 4.78 is 14.2. The lowest BCUT2D eigenvalue weighted by atomic mass is 9.84. The minimum absolute atomic E-state index is 0.0770. The topological polar surface area (TPSA) is 172 Å².